The maximum Gasteiger partial charge on any atom is 0.337 e. The molecular weight excluding hydrogens is 522 g/mol. The van der Waals surface area contributed by atoms with E-state index in [1.54, 1.807) is 30.3 Å². The zero-order valence-corrected chi connectivity index (χ0v) is 21.6. The van der Waals surface area contributed by atoms with Crippen molar-refractivity contribution in [1.29, 1.82) is 0 Å². The Balaban J connectivity index is 1.71. The minimum Gasteiger partial charge on any atom is -0.475 e. The number of amides is 1. The average Bonchev–Trinajstić information content (AvgIpc) is 3.35. The van der Waals surface area contributed by atoms with Gasteiger partial charge in [0.15, 0.2) is 11.5 Å². The summed E-state index contributed by atoms with van der Waals surface area (Å²) < 4.78 is 49.7. The Morgan fingerprint density at radius 3 is 2.57 bits per heavy atom. The third-order valence-corrected chi connectivity index (χ3v) is 7.10. The lowest BCUT2D eigenvalue weighted by atomic mass is 10.0. The second-order valence-electron chi connectivity index (χ2n) is 8.10. The van der Waals surface area contributed by atoms with Gasteiger partial charge in [0.2, 0.25) is 12.9 Å². The van der Waals surface area contributed by atoms with Crippen molar-refractivity contribution in [3.8, 4) is 17.2 Å². The molecule has 4 rings (SSSR count). The van der Waals surface area contributed by atoms with Gasteiger partial charge in [-0.3, -0.25) is 4.79 Å². The number of benzene rings is 3. The molecule has 11 heteroatoms. The van der Waals surface area contributed by atoms with E-state index >= 15 is 0 Å². The molecule has 1 heterocycles. The van der Waals surface area contributed by atoms with E-state index in [1.165, 1.54) is 37.4 Å². The molecular formula is C26H24ClNO8S. The first-order valence-electron chi connectivity index (χ1n) is 11.3. The largest absolute Gasteiger partial charge is 0.475 e. The summed E-state index contributed by atoms with van der Waals surface area (Å²) in [6.07, 6.45) is -0.121. The van der Waals surface area contributed by atoms with Gasteiger partial charge in [-0.1, -0.05) is 37.1 Å². The van der Waals surface area contributed by atoms with Gasteiger partial charge >= 0.3 is 5.97 Å². The van der Waals surface area contributed by atoms with Gasteiger partial charge in [0.05, 0.1) is 17.6 Å². The Morgan fingerprint density at radius 1 is 1.05 bits per heavy atom. The first-order chi connectivity index (χ1) is 17.7. The Hall–Kier alpha value is -3.76. The van der Waals surface area contributed by atoms with E-state index in [0.717, 1.165) is 6.42 Å². The summed E-state index contributed by atoms with van der Waals surface area (Å²) in [5, 5.41) is 0.203. The second kappa shape index (κ2) is 11.1. The molecule has 0 saturated heterocycles. The highest BCUT2D eigenvalue weighted by Crippen LogP contribution is 2.36. The van der Waals surface area contributed by atoms with Gasteiger partial charge in [0, 0.05) is 10.6 Å². The number of carbonyl (C=O) groups is 2. The average molecular weight is 546 g/mol. The van der Waals surface area contributed by atoms with Crippen LogP contribution in [0.5, 0.6) is 17.2 Å². The zero-order valence-electron chi connectivity index (χ0n) is 20.0. The molecule has 1 aliphatic rings. The van der Waals surface area contributed by atoms with Crippen LogP contribution in [0, 0.1) is 0 Å². The fraction of sp³-hybridized carbons (Fsp3) is 0.231. The van der Waals surface area contributed by atoms with E-state index in [-0.39, 0.29) is 16.7 Å². The topological polar surface area (TPSA) is 117 Å². The fourth-order valence-electron chi connectivity index (χ4n) is 3.76. The van der Waals surface area contributed by atoms with Crippen LogP contribution in [-0.4, -0.2) is 34.2 Å². The van der Waals surface area contributed by atoms with E-state index in [9.17, 15) is 18.0 Å². The molecule has 0 saturated carbocycles. The molecule has 1 N–H and O–H groups in total. The monoisotopic (exact) mass is 545 g/mol. The predicted octanol–water partition coefficient (Wildman–Crippen LogP) is 4.43. The summed E-state index contributed by atoms with van der Waals surface area (Å²) in [6.45, 7) is 1.98. The first kappa shape index (κ1) is 26.3. The SMILES string of the molecule is CCCc1cc(C(=O)OC)ccc1OC(C(=O)NS(=O)(=O)c1cccc(Cl)c1)c1ccc2c(c1)OCO2. The number of aryl methyl sites for hydroxylation is 1. The zero-order chi connectivity index (χ0) is 26.6. The quantitative estimate of drug-likeness (QED) is 0.392. The summed E-state index contributed by atoms with van der Waals surface area (Å²) in [5.41, 5.74) is 1.31. The Bertz CT molecular complexity index is 1440. The highest BCUT2D eigenvalue weighted by molar-refractivity contribution is 7.90. The third kappa shape index (κ3) is 5.98. The van der Waals surface area contributed by atoms with Crippen molar-refractivity contribution in [3.63, 3.8) is 0 Å². The maximum absolute atomic E-state index is 13.4. The number of fused-ring (bicyclic) bond motifs is 1. The number of carbonyl (C=O) groups excluding carboxylic acids is 2. The van der Waals surface area contributed by atoms with Gasteiger partial charge in [-0.05, 0) is 60.5 Å². The van der Waals surface area contributed by atoms with Crippen LogP contribution in [0.25, 0.3) is 0 Å². The van der Waals surface area contributed by atoms with E-state index in [1.807, 2.05) is 6.92 Å². The summed E-state index contributed by atoms with van der Waals surface area (Å²) in [6, 6.07) is 15.0. The standard InChI is InChI=1S/C26H24ClNO8S/c1-3-5-16-12-18(26(30)33-2)9-10-21(16)36-24(17-8-11-22-23(13-17)35-15-34-22)25(29)28-37(31,32)20-7-4-6-19(27)14-20/h4,6-14,24H,3,5,15H2,1-2H3,(H,28,29). The smallest absolute Gasteiger partial charge is 0.337 e. The number of ether oxygens (including phenoxy) is 4. The van der Waals surface area contributed by atoms with Crippen molar-refractivity contribution in [2.75, 3.05) is 13.9 Å². The van der Waals surface area contributed by atoms with Gasteiger partial charge in [-0.15, -0.1) is 0 Å². The third-order valence-electron chi connectivity index (χ3n) is 5.52. The lowest BCUT2D eigenvalue weighted by molar-refractivity contribution is -0.126. The van der Waals surface area contributed by atoms with Crippen LogP contribution in [-0.2, 0) is 26.0 Å². The van der Waals surface area contributed by atoms with Gasteiger partial charge in [0.25, 0.3) is 15.9 Å². The number of halogens is 1. The molecule has 0 aromatic heterocycles. The summed E-state index contributed by atoms with van der Waals surface area (Å²) in [7, 11) is -2.98. The molecule has 3 aromatic carbocycles. The van der Waals surface area contributed by atoms with Crippen LogP contribution in [0.15, 0.2) is 65.6 Å². The van der Waals surface area contributed by atoms with Gasteiger partial charge in [-0.2, -0.15) is 0 Å². The van der Waals surface area contributed by atoms with Crippen molar-refractivity contribution >= 4 is 33.5 Å². The fourth-order valence-corrected chi connectivity index (χ4v) is 5.04. The minimum atomic E-state index is -4.26. The molecule has 194 valence electrons. The number of nitrogens with one attached hydrogen (secondary N) is 1. The summed E-state index contributed by atoms with van der Waals surface area (Å²) >= 11 is 5.94. The molecule has 0 fully saturated rings. The number of hydrogen-bond donors (Lipinski definition) is 1. The van der Waals surface area contributed by atoms with E-state index in [4.69, 9.17) is 30.5 Å². The van der Waals surface area contributed by atoms with Crippen molar-refractivity contribution < 1.29 is 37.0 Å². The van der Waals surface area contributed by atoms with Crippen molar-refractivity contribution in [1.82, 2.24) is 4.72 Å². The van der Waals surface area contributed by atoms with Crippen LogP contribution >= 0.6 is 11.6 Å². The molecule has 0 bridgehead atoms. The number of esters is 1. The molecule has 37 heavy (non-hydrogen) atoms. The molecule has 9 nitrogen and oxygen atoms in total. The number of sulfonamides is 1. The van der Waals surface area contributed by atoms with Crippen molar-refractivity contribution in [2.45, 2.75) is 30.8 Å². The molecule has 0 spiro atoms. The Labute approximate surface area is 219 Å². The number of rotatable bonds is 9. The van der Waals surface area contributed by atoms with Crippen LogP contribution in [0.2, 0.25) is 5.02 Å². The molecule has 3 aromatic rings. The highest BCUT2D eigenvalue weighted by Gasteiger charge is 2.30. The minimum absolute atomic E-state index is 0.0231. The summed E-state index contributed by atoms with van der Waals surface area (Å²) in [5.74, 6) is -0.248. The van der Waals surface area contributed by atoms with Crippen LogP contribution < -0.4 is 18.9 Å². The van der Waals surface area contributed by atoms with Crippen LogP contribution in [0.1, 0.15) is 40.9 Å². The number of methoxy groups -OCH3 is 1. The number of hydrogen-bond acceptors (Lipinski definition) is 8. The molecule has 0 radical (unpaired) electrons. The van der Waals surface area contributed by atoms with E-state index in [2.05, 4.69) is 4.72 Å². The Morgan fingerprint density at radius 2 is 1.84 bits per heavy atom. The Kier molecular flexibility index (Phi) is 7.89. The maximum atomic E-state index is 13.4. The van der Waals surface area contributed by atoms with Crippen LogP contribution in [0.3, 0.4) is 0 Å². The van der Waals surface area contributed by atoms with Gasteiger partial charge in [-0.25, -0.2) is 17.9 Å². The normalized spacial score (nSPS) is 13.1. The lowest BCUT2D eigenvalue weighted by Crippen LogP contribution is -2.37. The van der Waals surface area contributed by atoms with E-state index in [0.29, 0.717) is 40.4 Å². The molecule has 1 amide bonds. The van der Waals surface area contributed by atoms with Crippen LogP contribution in [0.4, 0.5) is 0 Å². The molecule has 1 aliphatic heterocycles. The van der Waals surface area contributed by atoms with Gasteiger partial charge < -0.3 is 18.9 Å². The highest BCUT2D eigenvalue weighted by atomic mass is 35.5. The first-order valence-corrected chi connectivity index (χ1v) is 13.2. The van der Waals surface area contributed by atoms with Crippen molar-refractivity contribution in [3.05, 3.63) is 82.4 Å². The second-order valence-corrected chi connectivity index (χ2v) is 10.2. The van der Waals surface area contributed by atoms with Gasteiger partial charge in [0.1, 0.15) is 5.75 Å². The van der Waals surface area contributed by atoms with E-state index < -0.39 is 28.0 Å². The summed E-state index contributed by atoms with van der Waals surface area (Å²) in [4.78, 5) is 25.3. The molecule has 1 unspecified atom stereocenters. The predicted molar refractivity (Wildman–Crippen MR) is 134 cm³/mol. The van der Waals surface area contributed by atoms with Crippen molar-refractivity contribution in [2.24, 2.45) is 0 Å². The lowest BCUT2D eigenvalue weighted by Gasteiger charge is -2.21. The molecule has 1 atom stereocenters. The molecule has 0 aliphatic carbocycles.